The van der Waals surface area contributed by atoms with E-state index in [4.69, 9.17) is 0 Å². The van der Waals surface area contributed by atoms with Crippen LogP contribution in [0.3, 0.4) is 0 Å². The lowest BCUT2D eigenvalue weighted by Crippen LogP contribution is -2.37. The quantitative estimate of drug-likeness (QED) is 0.285. The van der Waals surface area contributed by atoms with E-state index in [1.54, 1.807) is 18.4 Å². The Morgan fingerprint density at radius 3 is 2.85 bits per heavy atom. The van der Waals surface area contributed by atoms with Gasteiger partial charge in [-0.1, -0.05) is 18.2 Å². The summed E-state index contributed by atoms with van der Waals surface area (Å²) in [6.45, 7) is 3.55. The first-order chi connectivity index (χ1) is 12.2. The van der Waals surface area contributed by atoms with E-state index in [9.17, 15) is 0 Å². The van der Waals surface area contributed by atoms with Gasteiger partial charge in [0.1, 0.15) is 6.33 Å². The van der Waals surface area contributed by atoms with Gasteiger partial charge >= 0.3 is 0 Å². The highest BCUT2D eigenvalue weighted by Gasteiger charge is 2.04. The summed E-state index contributed by atoms with van der Waals surface area (Å²) in [5.41, 5.74) is 2.16. The predicted octanol–water partition coefficient (Wildman–Crippen LogP) is 2.76. The van der Waals surface area contributed by atoms with Crippen molar-refractivity contribution in [2.45, 2.75) is 19.9 Å². The van der Waals surface area contributed by atoms with Crippen molar-refractivity contribution < 1.29 is 0 Å². The van der Waals surface area contributed by atoms with Gasteiger partial charge in [0.15, 0.2) is 11.8 Å². The first-order valence-electron chi connectivity index (χ1n) is 8.05. The summed E-state index contributed by atoms with van der Waals surface area (Å²) in [5, 5.41) is 14.6. The monoisotopic (exact) mass is 483 g/mol. The number of aliphatic imine (C=N–C) groups is 1. The molecule has 0 unspecified atom stereocenters. The van der Waals surface area contributed by atoms with Gasteiger partial charge in [-0.25, -0.2) is 9.97 Å². The Morgan fingerprint density at radius 2 is 2.15 bits per heavy atom. The number of guanidine groups is 1. The highest BCUT2D eigenvalue weighted by molar-refractivity contribution is 14.0. The number of hydrogen-bond acceptors (Lipinski definition) is 5. The number of aromatic nitrogens is 4. The third-order valence-corrected chi connectivity index (χ3v) is 4.57. The topological polar surface area (TPSA) is 90.9 Å². The summed E-state index contributed by atoms with van der Waals surface area (Å²) in [4.78, 5) is 14.1. The highest BCUT2D eigenvalue weighted by Crippen LogP contribution is 2.15. The van der Waals surface area contributed by atoms with E-state index in [1.807, 2.05) is 18.3 Å². The van der Waals surface area contributed by atoms with Gasteiger partial charge in [-0.2, -0.15) is 5.10 Å². The fourth-order valence-corrected chi connectivity index (χ4v) is 3.17. The molecule has 0 amide bonds. The van der Waals surface area contributed by atoms with Crippen molar-refractivity contribution >= 4 is 41.3 Å². The van der Waals surface area contributed by atoms with E-state index in [0.717, 1.165) is 40.9 Å². The zero-order valence-corrected chi connectivity index (χ0v) is 17.8. The number of nitrogens with one attached hydrogen (secondary N) is 3. The lowest BCUT2D eigenvalue weighted by Gasteiger charge is -2.12. The number of aryl methyl sites for hydroxylation is 1. The number of nitrogens with zero attached hydrogens (tertiary/aromatic N) is 4. The number of thiazole rings is 1. The molecule has 3 rings (SSSR count). The number of halogens is 1. The molecule has 7 nitrogen and oxygen atoms in total. The third-order valence-electron chi connectivity index (χ3n) is 3.60. The molecule has 0 bridgehead atoms. The average molecular weight is 483 g/mol. The minimum absolute atomic E-state index is 0. The van der Waals surface area contributed by atoms with Crippen LogP contribution in [0.25, 0.3) is 11.4 Å². The average Bonchev–Trinajstić information content (AvgIpc) is 3.30. The van der Waals surface area contributed by atoms with Crippen molar-refractivity contribution in [1.82, 2.24) is 30.8 Å². The lowest BCUT2D eigenvalue weighted by atomic mass is 10.1. The van der Waals surface area contributed by atoms with Gasteiger partial charge < -0.3 is 10.6 Å². The predicted molar refractivity (Wildman–Crippen MR) is 116 cm³/mol. The van der Waals surface area contributed by atoms with Crippen LogP contribution in [0.5, 0.6) is 0 Å². The van der Waals surface area contributed by atoms with E-state index in [0.29, 0.717) is 6.54 Å². The summed E-state index contributed by atoms with van der Waals surface area (Å²) >= 11 is 1.73. The number of benzene rings is 1. The zero-order valence-electron chi connectivity index (χ0n) is 14.7. The summed E-state index contributed by atoms with van der Waals surface area (Å²) < 4.78 is 0. The maximum atomic E-state index is 4.37. The maximum absolute atomic E-state index is 4.37. The van der Waals surface area contributed by atoms with Crippen LogP contribution >= 0.6 is 35.3 Å². The Labute approximate surface area is 173 Å². The smallest absolute Gasteiger partial charge is 0.191 e. The Balaban J connectivity index is 0.00000243. The van der Waals surface area contributed by atoms with Crippen LogP contribution in [-0.4, -0.2) is 39.7 Å². The molecule has 0 fully saturated rings. The first-order valence-corrected chi connectivity index (χ1v) is 8.87. The summed E-state index contributed by atoms with van der Waals surface area (Å²) in [6.07, 6.45) is 4.31. The van der Waals surface area contributed by atoms with E-state index < -0.39 is 0 Å². The number of aromatic amines is 1. The Morgan fingerprint density at radius 1 is 1.27 bits per heavy atom. The SMILES string of the molecule is CN=C(NCCc1ncc(C)s1)NCc1cccc(-c2ncn[nH]2)c1.I. The maximum Gasteiger partial charge on any atom is 0.191 e. The Kier molecular flexibility index (Phi) is 7.98. The number of rotatable bonds is 6. The molecule has 0 atom stereocenters. The summed E-state index contributed by atoms with van der Waals surface area (Å²) in [5.74, 6) is 1.54. The number of H-pyrrole nitrogens is 1. The van der Waals surface area contributed by atoms with Gasteiger partial charge in [0.05, 0.1) is 5.01 Å². The van der Waals surface area contributed by atoms with Crippen molar-refractivity contribution in [3.05, 3.63) is 52.2 Å². The Hall–Kier alpha value is -2.01. The van der Waals surface area contributed by atoms with E-state index >= 15 is 0 Å². The summed E-state index contributed by atoms with van der Waals surface area (Å²) in [7, 11) is 1.77. The summed E-state index contributed by atoms with van der Waals surface area (Å²) in [6, 6.07) is 8.17. The van der Waals surface area contributed by atoms with Crippen molar-refractivity contribution in [1.29, 1.82) is 0 Å². The molecule has 26 heavy (non-hydrogen) atoms. The molecule has 9 heteroatoms. The fraction of sp³-hybridized carbons (Fsp3) is 0.294. The van der Waals surface area contributed by atoms with Gasteiger partial charge in [0, 0.05) is 43.2 Å². The molecular weight excluding hydrogens is 461 g/mol. The van der Waals surface area contributed by atoms with Gasteiger partial charge in [0.2, 0.25) is 0 Å². The van der Waals surface area contributed by atoms with Gasteiger partial charge in [-0.15, -0.1) is 35.3 Å². The van der Waals surface area contributed by atoms with Crippen molar-refractivity contribution in [2.75, 3.05) is 13.6 Å². The van der Waals surface area contributed by atoms with Gasteiger partial charge in [-0.05, 0) is 18.6 Å². The van der Waals surface area contributed by atoms with Gasteiger partial charge in [-0.3, -0.25) is 10.1 Å². The van der Waals surface area contributed by atoms with E-state index in [1.165, 1.54) is 11.2 Å². The largest absolute Gasteiger partial charge is 0.356 e. The lowest BCUT2D eigenvalue weighted by molar-refractivity contribution is 0.792. The van der Waals surface area contributed by atoms with E-state index in [-0.39, 0.29) is 24.0 Å². The van der Waals surface area contributed by atoms with E-state index in [2.05, 4.69) is 54.8 Å². The molecule has 0 aliphatic heterocycles. The zero-order chi connectivity index (χ0) is 17.5. The standard InChI is InChI=1S/C17H21N7S.HI/c1-12-9-20-15(25-12)6-7-19-17(18-2)21-10-13-4-3-5-14(8-13)16-22-11-23-24-16;/h3-5,8-9,11H,6-7,10H2,1-2H3,(H2,18,19,21)(H,22,23,24);1H. The minimum atomic E-state index is 0. The second kappa shape index (κ2) is 10.2. The molecule has 0 saturated heterocycles. The second-order valence-corrected chi connectivity index (χ2v) is 6.82. The molecule has 0 spiro atoms. The van der Waals surface area contributed by atoms with Crippen LogP contribution < -0.4 is 10.6 Å². The molecule has 2 heterocycles. The molecule has 3 N–H and O–H groups in total. The molecule has 0 saturated carbocycles. The van der Waals surface area contributed by atoms with Crippen LogP contribution in [0.15, 0.2) is 41.8 Å². The molecule has 3 aromatic rings. The molecule has 138 valence electrons. The first kappa shape index (κ1) is 20.3. The van der Waals surface area contributed by atoms with Gasteiger partial charge in [0.25, 0.3) is 0 Å². The molecule has 1 aromatic carbocycles. The highest BCUT2D eigenvalue weighted by atomic mass is 127. The second-order valence-electron chi connectivity index (χ2n) is 5.50. The number of hydrogen-bond donors (Lipinski definition) is 3. The van der Waals surface area contributed by atoms with Crippen LogP contribution in [0.1, 0.15) is 15.4 Å². The van der Waals surface area contributed by atoms with Crippen LogP contribution in [0.2, 0.25) is 0 Å². The Bertz CT molecular complexity index is 829. The fourth-order valence-electron chi connectivity index (χ4n) is 2.38. The molecule has 2 aromatic heterocycles. The molecular formula is C17H22IN7S. The molecule has 0 aliphatic rings. The van der Waals surface area contributed by atoms with Crippen LogP contribution in [-0.2, 0) is 13.0 Å². The molecule has 0 radical (unpaired) electrons. The van der Waals surface area contributed by atoms with Crippen molar-refractivity contribution in [3.8, 4) is 11.4 Å². The van der Waals surface area contributed by atoms with Crippen LogP contribution in [0.4, 0.5) is 0 Å². The normalized spacial score (nSPS) is 11.1. The third kappa shape index (κ3) is 5.77. The minimum Gasteiger partial charge on any atom is -0.356 e. The van der Waals surface area contributed by atoms with Crippen LogP contribution in [0, 0.1) is 6.92 Å². The molecule has 0 aliphatic carbocycles. The van der Waals surface area contributed by atoms with Crippen molar-refractivity contribution in [2.24, 2.45) is 4.99 Å². The van der Waals surface area contributed by atoms with Crippen molar-refractivity contribution in [3.63, 3.8) is 0 Å².